The molecule has 1 aliphatic heterocycles. The maximum absolute atomic E-state index is 4.51. The minimum atomic E-state index is 0.370. The summed E-state index contributed by atoms with van der Waals surface area (Å²) >= 11 is 1.54. The van der Waals surface area contributed by atoms with Gasteiger partial charge in [-0.2, -0.15) is 0 Å². The Morgan fingerprint density at radius 3 is 3.12 bits per heavy atom. The van der Waals surface area contributed by atoms with Crippen LogP contribution in [-0.4, -0.2) is 21.5 Å². The summed E-state index contributed by atoms with van der Waals surface area (Å²) < 4.78 is 0. The van der Waals surface area contributed by atoms with Gasteiger partial charge in [0.25, 0.3) is 0 Å². The van der Waals surface area contributed by atoms with Gasteiger partial charge in [-0.1, -0.05) is 0 Å². The molecule has 1 saturated heterocycles. The van der Waals surface area contributed by atoms with Crippen molar-refractivity contribution in [2.45, 2.75) is 18.9 Å². The molecule has 6 heteroatoms. The van der Waals surface area contributed by atoms with Crippen LogP contribution in [0.1, 0.15) is 24.6 Å². The van der Waals surface area contributed by atoms with Gasteiger partial charge in [0.15, 0.2) is 5.13 Å². The first-order chi connectivity index (χ1) is 8.42. The van der Waals surface area contributed by atoms with Gasteiger partial charge in [-0.15, -0.1) is 11.3 Å². The third-order valence-electron chi connectivity index (χ3n) is 2.75. The first-order valence-electron chi connectivity index (χ1n) is 5.65. The molecule has 1 fully saturated rings. The number of hydrogen-bond acceptors (Lipinski definition) is 6. The molecule has 88 valence electrons. The van der Waals surface area contributed by atoms with Crippen LogP contribution in [0.5, 0.6) is 0 Å². The highest BCUT2D eigenvalue weighted by atomic mass is 32.1. The molecule has 2 aromatic rings. The quantitative estimate of drug-likeness (QED) is 0.869. The summed E-state index contributed by atoms with van der Waals surface area (Å²) in [7, 11) is 0. The zero-order valence-electron chi connectivity index (χ0n) is 9.26. The zero-order valence-corrected chi connectivity index (χ0v) is 10.1. The number of thiazole rings is 1. The summed E-state index contributed by atoms with van der Waals surface area (Å²) in [6.45, 7) is 1.07. The standard InChI is InChI=1S/C11H13N5S/c1-2-8(12-4-1)9-3-5-13-10(15-9)16-11-14-6-7-17-11/h3,5-8,12H,1-2,4H2,(H,13,14,15,16)/t8-/m0/s1. The van der Waals surface area contributed by atoms with E-state index in [-0.39, 0.29) is 0 Å². The molecule has 0 radical (unpaired) electrons. The lowest BCUT2D eigenvalue weighted by Gasteiger charge is -2.10. The Kier molecular flexibility index (Phi) is 2.98. The number of rotatable bonds is 3. The van der Waals surface area contributed by atoms with Crippen molar-refractivity contribution in [1.82, 2.24) is 20.3 Å². The molecule has 3 heterocycles. The van der Waals surface area contributed by atoms with Gasteiger partial charge in [0.05, 0.1) is 5.69 Å². The van der Waals surface area contributed by atoms with E-state index in [1.807, 2.05) is 11.4 Å². The zero-order chi connectivity index (χ0) is 11.5. The fourth-order valence-corrected chi connectivity index (χ4v) is 2.47. The third kappa shape index (κ3) is 2.42. The van der Waals surface area contributed by atoms with E-state index in [9.17, 15) is 0 Å². The largest absolute Gasteiger partial charge is 0.309 e. The van der Waals surface area contributed by atoms with E-state index in [1.54, 1.807) is 12.4 Å². The molecular formula is C11H13N5S. The fourth-order valence-electron chi connectivity index (χ4n) is 1.94. The summed E-state index contributed by atoms with van der Waals surface area (Å²) in [5, 5.41) is 9.28. The Balaban J connectivity index is 1.78. The van der Waals surface area contributed by atoms with E-state index in [1.165, 1.54) is 17.8 Å². The van der Waals surface area contributed by atoms with Crippen molar-refractivity contribution < 1.29 is 0 Å². The van der Waals surface area contributed by atoms with Crippen LogP contribution in [0, 0.1) is 0 Å². The van der Waals surface area contributed by atoms with Gasteiger partial charge in [-0.3, -0.25) is 0 Å². The number of aromatic nitrogens is 3. The van der Waals surface area contributed by atoms with Gasteiger partial charge in [0.1, 0.15) is 0 Å². The van der Waals surface area contributed by atoms with Crippen LogP contribution < -0.4 is 10.6 Å². The van der Waals surface area contributed by atoms with Crippen molar-refractivity contribution in [3.8, 4) is 0 Å². The molecule has 0 aliphatic carbocycles. The molecule has 5 nitrogen and oxygen atoms in total. The molecule has 0 spiro atoms. The predicted molar refractivity (Wildman–Crippen MR) is 67.4 cm³/mol. The van der Waals surface area contributed by atoms with Crippen LogP contribution in [0.4, 0.5) is 11.1 Å². The lowest BCUT2D eigenvalue weighted by atomic mass is 10.1. The third-order valence-corrected chi connectivity index (χ3v) is 3.43. The molecule has 3 rings (SSSR count). The Morgan fingerprint density at radius 1 is 1.35 bits per heavy atom. The average Bonchev–Trinajstić information content (AvgIpc) is 3.01. The molecule has 0 saturated carbocycles. The second-order valence-corrected chi connectivity index (χ2v) is 4.81. The predicted octanol–water partition coefficient (Wildman–Crippen LogP) is 2.10. The summed E-state index contributed by atoms with van der Waals surface area (Å²) in [4.78, 5) is 12.9. The first-order valence-corrected chi connectivity index (χ1v) is 6.52. The monoisotopic (exact) mass is 247 g/mol. The van der Waals surface area contributed by atoms with Crippen molar-refractivity contribution in [2.24, 2.45) is 0 Å². The van der Waals surface area contributed by atoms with Crippen molar-refractivity contribution in [3.63, 3.8) is 0 Å². The van der Waals surface area contributed by atoms with Gasteiger partial charge < -0.3 is 10.6 Å². The van der Waals surface area contributed by atoms with E-state index >= 15 is 0 Å². The molecule has 0 bridgehead atoms. The molecule has 0 aromatic carbocycles. The average molecular weight is 247 g/mol. The van der Waals surface area contributed by atoms with Crippen LogP contribution in [0.3, 0.4) is 0 Å². The molecule has 0 unspecified atom stereocenters. The van der Waals surface area contributed by atoms with Crippen molar-refractivity contribution in [1.29, 1.82) is 0 Å². The van der Waals surface area contributed by atoms with Crippen LogP contribution in [0.2, 0.25) is 0 Å². The Bertz CT molecular complexity index is 478. The number of hydrogen-bond donors (Lipinski definition) is 2. The molecule has 2 N–H and O–H groups in total. The van der Waals surface area contributed by atoms with Crippen molar-refractivity contribution >= 4 is 22.4 Å². The van der Waals surface area contributed by atoms with E-state index in [4.69, 9.17) is 0 Å². The van der Waals surface area contributed by atoms with Crippen molar-refractivity contribution in [2.75, 3.05) is 11.9 Å². The highest BCUT2D eigenvalue weighted by Gasteiger charge is 2.17. The Hall–Kier alpha value is -1.53. The number of anilines is 2. The topological polar surface area (TPSA) is 62.7 Å². The molecule has 17 heavy (non-hydrogen) atoms. The minimum Gasteiger partial charge on any atom is -0.309 e. The van der Waals surface area contributed by atoms with E-state index in [0.29, 0.717) is 12.0 Å². The first kappa shape index (κ1) is 10.6. The van der Waals surface area contributed by atoms with Crippen LogP contribution in [0.25, 0.3) is 0 Å². The van der Waals surface area contributed by atoms with Crippen LogP contribution in [-0.2, 0) is 0 Å². The maximum atomic E-state index is 4.51. The lowest BCUT2D eigenvalue weighted by molar-refractivity contribution is 0.627. The second-order valence-electron chi connectivity index (χ2n) is 3.92. The fraction of sp³-hybridized carbons (Fsp3) is 0.364. The number of nitrogens with zero attached hydrogens (tertiary/aromatic N) is 3. The molecule has 2 aromatic heterocycles. The van der Waals surface area contributed by atoms with E-state index in [0.717, 1.165) is 23.8 Å². The lowest BCUT2D eigenvalue weighted by Crippen LogP contribution is -2.15. The van der Waals surface area contributed by atoms with Crippen molar-refractivity contribution in [3.05, 3.63) is 29.5 Å². The summed E-state index contributed by atoms with van der Waals surface area (Å²) in [5.41, 5.74) is 1.05. The minimum absolute atomic E-state index is 0.370. The summed E-state index contributed by atoms with van der Waals surface area (Å²) in [6.07, 6.45) is 5.91. The normalized spacial score (nSPS) is 19.4. The molecule has 1 atom stereocenters. The number of nitrogens with one attached hydrogen (secondary N) is 2. The van der Waals surface area contributed by atoms with Gasteiger partial charge in [0.2, 0.25) is 5.95 Å². The molecule has 1 aliphatic rings. The molecule has 0 amide bonds. The van der Waals surface area contributed by atoms with Crippen LogP contribution in [0.15, 0.2) is 23.8 Å². The Morgan fingerprint density at radius 2 is 2.35 bits per heavy atom. The van der Waals surface area contributed by atoms with Gasteiger partial charge in [-0.25, -0.2) is 15.0 Å². The summed E-state index contributed by atoms with van der Waals surface area (Å²) in [5.74, 6) is 0.617. The van der Waals surface area contributed by atoms with Gasteiger partial charge >= 0.3 is 0 Å². The van der Waals surface area contributed by atoms with Crippen LogP contribution >= 0.6 is 11.3 Å². The SMILES string of the molecule is c1cc([C@@H]2CCCN2)nc(Nc2nccs2)n1. The van der Waals surface area contributed by atoms with Gasteiger partial charge in [-0.05, 0) is 25.5 Å². The molecular weight excluding hydrogens is 234 g/mol. The van der Waals surface area contributed by atoms with Gasteiger partial charge in [0, 0.05) is 23.8 Å². The highest BCUT2D eigenvalue weighted by Crippen LogP contribution is 2.22. The highest BCUT2D eigenvalue weighted by molar-refractivity contribution is 7.13. The van der Waals surface area contributed by atoms with E-state index < -0.39 is 0 Å². The summed E-state index contributed by atoms with van der Waals surface area (Å²) in [6, 6.07) is 2.34. The Labute approximate surface area is 103 Å². The smallest absolute Gasteiger partial charge is 0.229 e. The van der Waals surface area contributed by atoms with E-state index in [2.05, 4.69) is 25.6 Å². The maximum Gasteiger partial charge on any atom is 0.229 e. The second kappa shape index (κ2) is 4.77.